The van der Waals surface area contributed by atoms with E-state index < -0.39 is 0 Å². The van der Waals surface area contributed by atoms with Crippen molar-refractivity contribution < 1.29 is 14.3 Å². The van der Waals surface area contributed by atoms with Gasteiger partial charge in [0.25, 0.3) is 0 Å². The topological polar surface area (TPSA) is 72.5 Å². The molecule has 0 aliphatic heterocycles. The maximum absolute atomic E-state index is 12.1. The molecule has 0 aliphatic rings. The van der Waals surface area contributed by atoms with Crippen LogP contribution >= 0.6 is 0 Å². The number of amides is 2. The number of carbonyl (C=O) groups excluding carboxylic acids is 1. The molecule has 0 fully saturated rings. The lowest BCUT2D eigenvalue weighted by Gasteiger charge is -2.10. The summed E-state index contributed by atoms with van der Waals surface area (Å²) in [5.41, 5.74) is 1.62. The van der Waals surface area contributed by atoms with Crippen molar-refractivity contribution in [2.45, 2.75) is 13.5 Å². The van der Waals surface area contributed by atoms with Crippen LogP contribution in [0, 0.1) is 0 Å². The van der Waals surface area contributed by atoms with Crippen molar-refractivity contribution in [1.29, 1.82) is 0 Å². The van der Waals surface area contributed by atoms with Crippen LogP contribution in [0.25, 0.3) is 0 Å². The van der Waals surface area contributed by atoms with Gasteiger partial charge in [0, 0.05) is 24.5 Å². The summed E-state index contributed by atoms with van der Waals surface area (Å²) >= 11 is 0. The fourth-order valence-electron chi connectivity index (χ4n) is 2.41. The number of nitrogens with one attached hydrogen (secondary N) is 2. The van der Waals surface area contributed by atoms with Gasteiger partial charge in [0.15, 0.2) is 0 Å². The molecule has 27 heavy (non-hydrogen) atoms. The molecule has 6 nitrogen and oxygen atoms in total. The minimum Gasteiger partial charge on any atom is -0.494 e. The maximum atomic E-state index is 12.1. The lowest BCUT2D eigenvalue weighted by atomic mass is 10.2. The van der Waals surface area contributed by atoms with Gasteiger partial charge < -0.3 is 20.1 Å². The van der Waals surface area contributed by atoms with Gasteiger partial charge in [0.2, 0.25) is 5.88 Å². The Balaban J connectivity index is 1.52. The Bertz CT molecular complexity index is 867. The second kappa shape index (κ2) is 9.24. The van der Waals surface area contributed by atoms with Crippen LogP contribution in [0.3, 0.4) is 0 Å². The largest absolute Gasteiger partial charge is 0.494 e. The van der Waals surface area contributed by atoms with E-state index in [-0.39, 0.29) is 6.03 Å². The molecular formula is C21H21N3O3. The first-order chi connectivity index (χ1) is 13.2. The third kappa shape index (κ3) is 5.74. The van der Waals surface area contributed by atoms with E-state index in [4.69, 9.17) is 9.47 Å². The molecular weight excluding hydrogens is 342 g/mol. The lowest BCUT2D eigenvalue weighted by Crippen LogP contribution is -2.28. The minimum absolute atomic E-state index is 0.282. The van der Waals surface area contributed by atoms with E-state index in [2.05, 4.69) is 15.6 Å². The van der Waals surface area contributed by atoms with Crippen LogP contribution in [-0.2, 0) is 6.54 Å². The third-order valence-corrected chi connectivity index (χ3v) is 3.63. The highest BCUT2D eigenvalue weighted by atomic mass is 16.5. The monoisotopic (exact) mass is 363 g/mol. The van der Waals surface area contributed by atoms with Crippen LogP contribution < -0.4 is 20.1 Å². The van der Waals surface area contributed by atoms with E-state index >= 15 is 0 Å². The molecule has 0 unspecified atom stereocenters. The quantitative estimate of drug-likeness (QED) is 0.644. The van der Waals surface area contributed by atoms with E-state index in [9.17, 15) is 4.79 Å². The zero-order chi connectivity index (χ0) is 18.9. The first kappa shape index (κ1) is 18.3. The Kier molecular flexibility index (Phi) is 6.25. The van der Waals surface area contributed by atoms with E-state index in [1.165, 1.54) is 0 Å². The number of anilines is 1. The minimum atomic E-state index is -0.282. The summed E-state index contributed by atoms with van der Waals surface area (Å²) in [6.45, 7) is 2.91. The standard InChI is InChI=1S/C21H21N3O3/c1-2-26-18-11-9-17(10-12-18)24-21(25)23-15-16-6-5-7-19(14-16)27-20-8-3-4-13-22-20/h3-14H,2,15H2,1H3,(H2,23,24,25). The first-order valence-corrected chi connectivity index (χ1v) is 8.68. The van der Waals surface area contributed by atoms with Gasteiger partial charge in [-0.25, -0.2) is 9.78 Å². The molecule has 1 heterocycles. The number of ether oxygens (including phenoxy) is 2. The molecule has 2 N–H and O–H groups in total. The van der Waals surface area contributed by atoms with Crippen LogP contribution in [-0.4, -0.2) is 17.6 Å². The van der Waals surface area contributed by atoms with Crippen LogP contribution in [0.1, 0.15) is 12.5 Å². The van der Waals surface area contributed by atoms with Crippen LogP contribution in [0.5, 0.6) is 17.4 Å². The molecule has 0 saturated carbocycles. The highest BCUT2D eigenvalue weighted by Gasteiger charge is 2.04. The van der Waals surface area contributed by atoms with Crippen molar-refractivity contribution in [3.8, 4) is 17.4 Å². The molecule has 2 amide bonds. The molecule has 0 aliphatic carbocycles. The molecule has 3 rings (SSSR count). The number of rotatable bonds is 7. The second-order valence-corrected chi connectivity index (χ2v) is 5.68. The summed E-state index contributed by atoms with van der Waals surface area (Å²) in [7, 11) is 0. The van der Waals surface area contributed by atoms with E-state index in [1.54, 1.807) is 24.4 Å². The molecule has 3 aromatic rings. The predicted molar refractivity (Wildman–Crippen MR) is 104 cm³/mol. The molecule has 0 atom stereocenters. The summed E-state index contributed by atoms with van der Waals surface area (Å²) in [6, 6.07) is 19.9. The Hall–Kier alpha value is -3.54. The van der Waals surface area contributed by atoms with Gasteiger partial charge in [-0.3, -0.25) is 0 Å². The Morgan fingerprint density at radius 3 is 2.59 bits per heavy atom. The zero-order valence-electron chi connectivity index (χ0n) is 15.0. The van der Waals surface area contributed by atoms with Crippen LogP contribution in [0.2, 0.25) is 0 Å². The zero-order valence-corrected chi connectivity index (χ0v) is 15.0. The molecule has 1 aromatic heterocycles. The number of carbonyl (C=O) groups is 1. The number of hydrogen-bond acceptors (Lipinski definition) is 4. The average molecular weight is 363 g/mol. The summed E-state index contributed by atoms with van der Waals surface area (Å²) in [5.74, 6) is 1.96. The SMILES string of the molecule is CCOc1ccc(NC(=O)NCc2cccc(Oc3ccccn3)c2)cc1. The molecule has 0 radical (unpaired) electrons. The van der Waals surface area contributed by atoms with Crippen molar-refractivity contribution in [1.82, 2.24) is 10.3 Å². The van der Waals surface area contributed by atoms with Gasteiger partial charge in [0.05, 0.1) is 6.61 Å². The molecule has 6 heteroatoms. The highest BCUT2D eigenvalue weighted by molar-refractivity contribution is 5.89. The van der Waals surface area contributed by atoms with Gasteiger partial charge in [-0.2, -0.15) is 0 Å². The molecule has 0 saturated heterocycles. The van der Waals surface area contributed by atoms with E-state index in [1.807, 2.05) is 55.5 Å². The highest BCUT2D eigenvalue weighted by Crippen LogP contribution is 2.20. The number of hydrogen-bond donors (Lipinski definition) is 2. The number of nitrogens with zero attached hydrogens (tertiary/aromatic N) is 1. The van der Waals surface area contributed by atoms with Crippen LogP contribution in [0.4, 0.5) is 10.5 Å². The van der Waals surface area contributed by atoms with Crippen molar-refractivity contribution in [3.63, 3.8) is 0 Å². The van der Waals surface area contributed by atoms with Crippen LogP contribution in [0.15, 0.2) is 72.9 Å². The summed E-state index contributed by atoms with van der Waals surface area (Å²) in [4.78, 5) is 16.2. The average Bonchev–Trinajstić information content (AvgIpc) is 2.69. The number of aromatic nitrogens is 1. The molecule has 2 aromatic carbocycles. The number of urea groups is 1. The summed E-state index contributed by atoms with van der Waals surface area (Å²) in [5, 5.41) is 5.61. The number of benzene rings is 2. The Morgan fingerprint density at radius 1 is 1.00 bits per heavy atom. The Morgan fingerprint density at radius 2 is 1.85 bits per heavy atom. The normalized spacial score (nSPS) is 10.1. The van der Waals surface area contributed by atoms with Crippen molar-refractivity contribution in [3.05, 3.63) is 78.5 Å². The van der Waals surface area contributed by atoms with E-state index in [0.717, 1.165) is 11.3 Å². The van der Waals surface area contributed by atoms with Gasteiger partial charge in [-0.1, -0.05) is 18.2 Å². The Labute approximate surface area is 158 Å². The fourth-order valence-corrected chi connectivity index (χ4v) is 2.41. The van der Waals surface area contributed by atoms with Gasteiger partial charge >= 0.3 is 6.03 Å². The molecule has 138 valence electrons. The summed E-state index contributed by atoms with van der Waals surface area (Å²) in [6.07, 6.45) is 1.67. The molecule has 0 bridgehead atoms. The lowest BCUT2D eigenvalue weighted by molar-refractivity contribution is 0.251. The van der Waals surface area contributed by atoms with Crippen molar-refractivity contribution >= 4 is 11.7 Å². The predicted octanol–water partition coefficient (Wildman–Crippen LogP) is 4.59. The molecule has 0 spiro atoms. The van der Waals surface area contributed by atoms with E-state index in [0.29, 0.717) is 30.5 Å². The van der Waals surface area contributed by atoms with Gasteiger partial charge in [0.1, 0.15) is 11.5 Å². The third-order valence-electron chi connectivity index (χ3n) is 3.63. The fraction of sp³-hybridized carbons (Fsp3) is 0.143. The van der Waals surface area contributed by atoms with Crippen molar-refractivity contribution in [2.24, 2.45) is 0 Å². The van der Waals surface area contributed by atoms with Gasteiger partial charge in [-0.05, 0) is 55.0 Å². The maximum Gasteiger partial charge on any atom is 0.319 e. The van der Waals surface area contributed by atoms with Gasteiger partial charge in [-0.15, -0.1) is 0 Å². The summed E-state index contributed by atoms with van der Waals surface area (Å²) < 4.78 is 11.1. The second-order valence-electron chi connectivity index (χ2n) is 5.68. The number of pyridine rings is 1. The van der Waals surface area contributed by atoms with Crippen molar-refractivity contribution in [2.75, 3.05) is 11.9 Å². The smallest absolute Gasteiger partial charge is 0.319 e. The first-order valence-electron chi connectivity index (χ1n) is 8.68.